The van der Waals surface area contributed by atoms with Crippen LogP contribution in [0.1, 0.15) is 251 Å². The number of fused-ring (bicyclic) bond motifs is 1. The van der Waals surface area contributed by atoms with Crippen molar-refractivity contribution in [1.29, 1.82) is 5.26 Å². The molecule has 3 aromatic heterocycles. The minimum absolute atomic E-state index is 0.0358. The van der Waals surface area contributed by atoms with Crippen molar-refractivity contribution in [2.24, 2.45) is 5.92 Å². The molecule has 0 saturated heterocycles. The van der Waals surface area contributed by atoms with Crippen molar-refractivity contribution in [3.8, 4) is 17.6 Å². The van der Waals surface area contributed by atoms with Gasteiger partial charge < -0.3 is 48.9 Å². The fourth-order valence-electron chi connectivity index (χ4n) is 13.3. The van der Waals surface area contributed by atoms with Crippen LogP contribution >= 0.6 is 46.1 Å². The highest BCUT2D eigenvalue weighted by atomic mass is 35.5. The first kappa shape index (κ1) is 115. The number of esters is 2. The van der Waals surface area contributed by atoms with Crippen LogP contribution < -0.4 is 62.1 Å². The SMILES string of the molecule is CCCCCCCCC(CCCCCC)COC(=O)c1ccc(NS(C)(=O)=O)c(NC(=O)NNc2c(F)c(F)c(F)c(F)c2F)c1.CCCCCCCCCCCCOC(=O)c1ccc(Cl)c(Cc2sc(C)c(C)c2C#N)c1.CCCS(=O)Oc1ccc2[nH]c(C)cc2c1.Cc1cc(Cl)c(NNC(=O)NCC(=O)O)cc1Cl.[C-]#[N+]c1ccc(NNC(=O)NCCCOc2ccc(C)cc2C)o1. The number of aromatic nitrogens is 1. The molecule has 0 aliphatic carbocycles. The van der Waals surface area contributed by atoms with Crippen LogP contribution in [0.3, 0.4) is 0 Å². The zero-order valence-corrected chi connectivity index (χ0v) is 83.3. The molecule has 0 fully saturated rings. The summed E-state index contributed by atoms with van der Waals surface area (Å²) in [7, 11) is -3.87. The lowest BCUT2D eigenvalue weighted by molar-refractivity contribution is -0.135. The molecule has 0 spiro atoms. The molecule has 0 aliphatic heterocycles. The van der Waals surface area contributed by atoms with Gasteiger partial charge in [-0.15, -0.1) is 11.3 Å². The molecular weight excluding hydrogens is 1880 g/mol. The number of carbonyl (C=O) groups is 6. The molecule has 9 aromatic rings. The lowest BCUT2D eigenvalue weighted by Gasteiger charge is -2.18. The Morgan fingerprint density at radius 2 is 1.18 bits per heavy atom. The highest BCUT2D eigenvalue weighted by Crippen LogP contribution is 2.35. The molecule has 28 nitrogen and oxygen atoms in total. The molecule has 3 heterocycles. The number of hydrogen-bond acceptors (Lipinski definition) is 19. The number of nitrogens with one attached hydrogen (secondary N) is 11. The summed E-state index contributed by atoms with van der Waals surface area (Å²) in [5, 5.41) is 27.4. The third-order valence-electron chi connectivity index (χ3n) is 20.6. The van der Waals surface area contributed by atoms with Gasteiger partial charge in [-0.1, -0.05) is 202 Å². The van der Waals surface area contributed by atoms with E-state index in [1.54, 1.807) is 65.5 Å². The van der Waals surface area contributed by atoms with Crippen LogP contribution in [-0.4, -0.2) is 104 Å². The molecule has 0 bridgehead atoms. The van der Waals surface area contributed by atoms with Gasteiger partial charge in [0.05, 0.1) is 77.2 Å². The number of hydrazine groups is 3. The number of urea groups is 3. The number of thiophene rings is 1. The zero-order chi connectivity index (χ0) is 100. The number of carboxylic acid groups (broad SMARTS) is 1. The molecule has 0 saturated carbocycles. The number of ether oxygens (including phenoxy) is 3. The fourth-order valence-corrected chi connectivity index (χ4v) is 16.3. The Bertz CT molecular complexity index is 5570. The van der Waals surface area contributed by atoms with Crippen LogP contribution in [-0.2, 0) is 41.8 Å². The van der Waals surface area contributed by atoms with Crippen LogP contribution in [0.4, 0.5) is 70.9 Å². The summed E-state index contributed by atoms with van der Waals surface area (Å²) in [5.41, 5.74) is 19.9. The molecule has 6 amide bonds. The molecule has 6 aromatic carbocycles. The van der Waals surface area contributed by atoms with E-state index in [-0.39, 0.29) is 47.3 Å². The first-order valence-corrected chi connectivity index (χ1v) is 50.2. The van der Waals surface area contributed by atoms with Crippen LogP contribution in [0.5, 0.6) is 11.5 Å². The fraction of sp³-hybridized carbons (Fsp3) is 0.443. The topological polar surface area (TPSA) is 388 Å². The Hall–Kier alpha value is -11.5. The van der Waals surface area contributed by atoms with E-state index in [0.717, 1.165) is 149 Å². The van der Waals surface area contributed by atoms with Crippen molar-refractivity contribution < 1.29 is 91.3 Å². The number of aliphatic carboxylic acids is 1. The lowest BCUT2D eigenvalue weighted by Crippen LogP contribution is -2.41. The van der Waals surface area contributed by atoms with Crippen LogP contribution in [0.2, 0.25) is 15.1 Å². The second-order valence-corrected chi connectivity index (χ2v) is 37.5. The summed E-state index contributed by atoms with van der Waals surface area (Å²) in [6, 6.07) is 28.8. The number of hydrogen-bond donors (Lipinski definition) is 12. The van der Waals surface area contributed by atoms with Crippen molar-refractivity contribution in [2.45, 2.75) is 230 Å². The number of aromatic amines is 1. The number of amides is 6. The Kier molecular flexibility index (Phi) is 52.6. The second-order valence-electron chi connectivity index (χ2n) is 32.1. The predicted molar refractivity (Wildman–Crippen MR) is 529 cm³/mol. The third-order valence-corrected chi connectivity index (χ3v) is 24.6. The number of benzene rings is 6. The average molecular weight is 2010 g/mol. The van der Waals surface area contributed by atoms with E-state index < -0.39 is 86.4 Å². The Morgan fingerprint density at radius 3 is 1.79 bits per heavy atom. The Morgan fingerprint density at radius 1 is 0.596 bits per heavy atom. The van der Waals surface area contributed by atoms with Crippen LogP contribution in [0, 0.1) is 94.4 Å². The summed E-state index contributed by atoms with van der Waals surface area (Å²) in [6.45, 7) is 28.3. The summed E-state index contributed by atoms with van der Waals surface area (Å²) >= 11 is 18.6. The number of rotatable bonds is 49. The van der Waals surface area contributed by atoms with Crippen LogP contribution in [0.15, 0.2) is 108 Å². The number of nitriles is 1. The van der Waals surface area contributed by atoms with Crippen molar-refractivity contribution in [2.75, 3.05) is 71.2 Å². The van der Waals surface area contributed by atoms with Gasteiger partial charge in [-0.2, -0.15) is 10.1 Å². The molecule has 2 unspecified atom stereocenters. The van der Waals surface area contributed by atoms with Crippen molar-refractivity contribution in [3.63, 3.8) is 0 Å². The molecule has 742 valence electrons. The van der Waals surface area contributed by atoms with Gasteiger partial charge in [0.1, 0.15) is 29.8 Å². The van der Waals surface area contributed by atoms with Gasteiger partial charge in [-0.05, 0) is 193 Å². The van der Waals surface area contributed by atoms with E-state index in [4.69, 9.17) is 69.3 Å². The summed E-state index contributed by atoms with van der Waals surface area (Å²) in [5.74, 6) is -10.7. The van der Waals surface area contributed by atoms with E-state index in [0.29, 0.717) is 76.3 Å². The Balaban J connectivity index is 0.000000317. The minimum Gasteiger partial charge on any atom is -0.493 e. The van der Waals surface area contributed by atoms with Gasteiger partial charge in [0.25, 0.3) is 0 Å². The summed E-state index contributed by atoms with van der Waals surface area (Å²) < 4.78 is 133. The number of sulfonamides is 1. The molecule has 0 radical (unpaired) electrons. The van der Waals surface area contributed by atoms with Gasteiger partial charge in [0.15, 0.2) is 29.2 Å². The molecule has 39 heteroatoms. The highest BCUT2D eigenvalue weighted by Gasteiger charge is 2.27. The minimum atomic E-state index is -3.87. The number of furan rings is 1. The number of carboxylic acids is 1. The van der Waals surface area contributed by atoms with Gasteiger partial charge in [-0.3, -0.25) is 36.6 Å². The van der Waals surface area contributed by atoms with Crippen molar-refractivity contribution in [1.82, 2.24) is 31.9 Å². The smallest absolute Gasteiger partial charge is 0.347 e. The van der Waals surface area contributed by atoms with Crippen LogP contribution in [0.25, 0.3) is 15.7 Å². The lowest BCUT2D eigenvalue weighted by atomic mass is 9.95. The van der Waals surface area contributed by atoms with Crippen molar-refractivity contribution >= 4 is 149 Å². The zero-order valence-electron chi connectivity index (χ0n) is 78.6. The average Bonchev–Trinajstić information content (AvgIpc) is 1.51. The van der Waals surface area contributed by atoms with Gasteiger partial charge in [-0.25, -0.2) is 64.0 Å². The third kappa shape index (κ3) is 42.8. The largest absolute Gasteiger partial charge is 0.493 e. The number of H-pyrrole nitrogens is 1. The van der Waals surface area contributed by atoms with Gasteiger partial charge in [0, 0.05) is 49.4 Å². The quantitative estimate of drug-likeness (QED) is 0.00320. The van der Waals surface area contributed by atoms with E-state index in [2.05, 4.69) is 85.1 Å². The maximum absolute atomic E-state index is 14.0. The monoisotopic (exact) mass is 2010 g/mol. The summed E-state index contributed by atoms with van der Waals surface area (Å²) in [4.78, 5) is 79.4. The van der Waals surface area contributed by atoms with E-state index in [1.165, 1.54) is 94.4 Å². The molecule has 0 aliphatic rings. The number of halogens is 8. The molecule has 2 atom stereocenters. The maximum atomic E-state index is 14.0. The van der Waals surface area contributed by atoms with E-state index in [9.17, 15) is 68.6 Å². The first-order chi connectivity index (χ1) is 64.9. The van der Waals surface area contributed by atoms with Crippen molar-refractivity contribution in [3.05, 3.63) is 219 Å². The Labute approximate surface area is 814 Å². The number of anilines is 5. The first-order valence-electron chi connectivity index (χ1n) is 45.1. The van der Waals surface area contributed by atoms with Gasteiger partial charge in [0.2, 0.25) is 26.9 Å². The molecule has 9 rings (SSSR count). The standard InChI is InChI=1S/C31H43F5N4O5S.C27H36ClNO2S.C17H20N4O3.C12H15NO2S.C10H11Cl2N3O3/c1-4-6-8-10-11-13-15-20(14-12-9-7-5-2)19-45-30(41)21-16-17-22(40-46(3,43)44)23(18-21)37-31(42)39-38-29-27(35)25(33)24(32)26(34)28(29)36;1-4-5-6-7-8-9-10-11-12-13-16-31-27(30)22-14-15-25(28)23(17-22)18-26-24(19-29)20(2)21(3)32-26;1-12-5-6-14(13(2)11-12)23-10-4-9-19-17(22)21-20-16-8-7-15(18-3)24-16;1-3-6-16(14)15-11-4-5-12-10(8-11)7-9(2)13-12;1-5-2-7(12)8(3-6(5)11)14-15-10(18)13-4-9(16)17/h16-18,20,38,40H,4-15,19H2,1-3H3,(H2,37,39,42);14-15,17H,4-13,16,18H2,1-3H3;5-8,11,20H,4,9-10H2,1-2H3,(H2,19,21,22);4-5,7-8,13H,3,6H2,1-2H3;2-3,14H,4H2,1H3,(H,16,17)(H2,13,15,18). The number of carbonyl (C=O) groups excluding carboxylic acids is 5. The second kappa shape index (κ2) is 62.2. The highest BCUT2D eigenvalue weighted by molar-refractivity contribution is 7.92. The van der Waals surface area contributed by atoms with Gasteiger partial charge >= 0.3 is 41.9 Å². The maximum Gasteiger partial charge on any atom is 0.347 e. The van der Waals surface area contributed by atoms with E-state index >= 15 is 0 Å². The van der Waals surface area contributed by atoms with E-state index in [1.807, 2.05) is 77.9 Å². The summed E-state index contributed by atoms with van der Waals surface area (Å²) in [6.07, 6.45) is 28.4. The molecule has 136 heavy (non-hydrogen) atoms. The predicted octanol–water partition coefficient (Wildman–Crippen LogP) is 25.4. The molecule has 12 N–H and O–H groups in total. The number of nitrogens with zero attached hydrogens (tertiary/aromatic N) is 2. The molecular formula is C97H125Cl3F5N13O15S3. The normalized spacial score (nSPS) is 11.2. The number of aryl methyl sites for hydroxylation is 5. The number of unbranched alkanes of at least 4 members (excludes halogenated alkanes) is 17.